The second-order valence-electron chi connectivity index (χ2n) is 4.74. The van der Waals surface area contributed by atoms with E-state index >= 15 is 0 Å². The Kier molecular flexibility index (Phi) is 3.60. The summed E-state index contributed by atoms with van der Waals surface area (Å²) in [6, 6.07) is 15.2. The van der Waals surface area contributed by atoms with Crippen LogP contribution in [0.25, 0.3) is 6.08 Å². The van der Waals surface area contributed by atoms with Gasteiger partial charge in [-0.3, -0.25) is 4.79 Å². The van der Waals surface area contributed by atoms with Gasteiger partial charge in [0.15, 0.2) is 0 Å². The van der Waals surface area contributed by atoms with E-state index in [1.165, 1.54) is 0 Å². The Labute approximate surface area is 123 Å². The summed E-state index contributed by atoms with van der Waals surface area (Å²) in [5.41, 5.74) is 2.48. The normalized spacial score (nSPS) is 17.0. The Hall–Kier alpha value is -2.75. The van der Waals surface area contributed by atoms with Gasteiger partial charge in [-0.05, 0) is 24.3 Å². The van der Waals surface area contributed by atoms with Gasteiger partial charge < -0.3 is 15.4 Å². The largest absolute Gasteiger partial charge is 0.496 e. The van der Waals surface area contributed by atoms with Crippen molar-refractivity contribution < 1.29 is 9.53 Å². The summed E-state index contributed by atoms with van der Waals surface area (Å²) in [6.45, 7) is 0. The summed E-state index contributed by atoms with van der Waals surface area (Å²) >= 11 is 0. The second kappa shape index (κ2) is 5.71. The first kappa shape index (κ1) is 13.2. The van der Waals surface area contributed by atoms with E-state index in [9.17, 15) is 4.79 Å². The monoisotopic (exact) mass is 280 g/mol. The van der Waals surface area contributed by atoms with Crippen molar-refractivity contribution in [2.24, 2.45) is 0 Å². The van der Waals surface area contributed by atoms with Gasteiger partial charge in [0, 0.05) is 11.3 Å². The minimum absolute atomic E-state index is 0.0703. The van der Waals surface area contributed by atoms with Crippen LogP contribution in [0.15, 0.2) is 54.6 Å². The lowest BCUT2D eigenvalue weighted by Crippen LogP contribution is -2.43. The van der Waals surface area contributed by atoms with E-state index in [2.05, 4.69) is 10.6 Å². The highest BCUT2D eigenvalue weighted by Crippen LogP contribution is 2.22. The fraction of sp³-hybridized carbons (Fsp3) is 0.118. The first-order valence-electron chi connectivity index (χ1n) is 6.75. The van der Waals surface area contributed by atoms with Crippen LogP contribution in [0.5, 0.6) is 5.75 Å². The Bertz CT molecular complexity index is 695. The maximum atomic E-state index is 12.0. The summed E-state index contributed by atoms with van der Waals surface area (Å²) in [4.78, 5) is 12.0. The number of hydrogen-bond donors (Lipinski definition) is 2. The van der Waals surface area contributed by atoms with Crippen molar-refractivity contribution in [3.05, 3.63) is 65.7 Å². The van der Waals surface area contributed by atoms with Crippen molar-refractivity contribution in [3.8, 4) is 5.75 Å². The van der Waals surface area contributed by atoms with E-state index in [0.717, 1.165) is 17.0 Å². The molecular weight excluding hydrogens is 264 g/mol. The van der Waals surface area contributed by atoms with Gasteiger partial charge in [-0.1, -0.05) is 36.4 Å². The molecular formula is C17H16N2O2. The lowest BCUT2D eigenvalue weighted by atomic mass is 10.1. The summed E-state index contributed by atoms with van der Waals surface area (Å²) < 4.78 is 5.30. The molecule has 21 heavy (non-hydrogen) atoms. The number of nitrogens with one attached hydrogen (secondary N) is 2. The van der Waals surface area contributed by atoms with E-state index in [4.69, 9.17) is 4.74 Å². The van der Waals surface area contributed by atoms with Crippen LogP contribution in [0.3, 0.4) is 0 Å². The third-order valence-electron chi connectivity index (χ3n) is 3.38. The zero-order valence-corrected chi connectivity index (χ0v) is 11.7. The number of carbonyl (C=O) groups is 1. The summed E-state index contributed by atoms with van der Waals surface area (Å²) in [5, 5.41) is 6.18. The number of anilines is 1. The average molecular weight is 280 g/mol. The summed E-state index contributed by atoms with van der Waals surface area (Å²) in [5.74, 6) is 0.732. The molecule has 0 fully saturated rings. The highest BCUT2D eigenvalue weighted by Gasteiger charge is 2.20. The van der Waals surface area contributed by atoms with Gasteiger partial charge in [0.1, 0.15) is 11.9 Å². The fourth-order valence-corrected chi connectivity index (χ4v) is 2.33. The predicted molar refractivity (Wildman–Crippen MR) is 83.3 cm³/mol. The Morgan fingerprint density at radius 3 is 2.67 bits per heavy atom. The van der Waals surface area contributed by atoms with Crippen LogP contribution in [0.2, 0.25) is 0 Å². The molecule has 1 aliphatic rings. The third-order valence-corrected chi connectivity index (χ3v) is 3.38. The van der Waals surface area contributed by atoms with Crippen LogP contribution in [0, 0.1) is 0 Å². The van der Waals surface area contributed by atoms with Gasteiger partial charge in [-0.15, -0.1) is 0 Å². The van der Waals surface area contributed by atoms with Gasteiger partial charge in [-0.25, -0.2) is 0 Å². The molecule has 2 aromatic carbocycles. The molecule has 0 unspecified atom stereocenters. The summed E-state index contributed by atoms with van der Waals surface area (Å²) in [7, 11) is 1.64. The Morgan fingerprint density at radius 2 is 1.81 bits per heavy atom. The van der Waals surface area contributed by atoms with Gasteiger partial charge in [0.25, 0.3) is 5.91 Å². The summed E-state index contributed by atoms with van der Waals surface area (Å²) in [6.07, 6.45) is 3.61. The predicted octanol–water partition coefficient (Wildman–Crippen LogP) is 2.89. The van der Waals surface area contributed by atoms with Gasteiger partial charge in [0.2, 0.25) is 0 Å². The number of methoxy groups -OCH3 is 1. The number of ether oxygens (including phenoxy) is 1. The number of benzene rings is 2. The average Bonchev–Trinajstić information content (AvgIpc) is 2.53. The van der Waals surface area contributed by atoms with Crippen molar-refractivity contribution in [2.75, 3.05) is 12.4 Å². The molecule has 0 spiro atoms. The van der Waals surface area contributed by atoms with Gasteiger partial charge in [-0.2, -0.15) is 0 Å². The van der Waals surface area contributed by atoms with E-state index in [0.29, 0.717) is 5.56 Å². The van der Waals surface area contributed by atoms with Crippen LogP contribution < -0.4 is 15.4 Å². The van der Waals surface area contributed by atoms with Crippen molar-refractivity contribution in [3.63, 3.8) is 0 Å². The van der Waals surface area contributed by atoms with Crippen molar-refractivity contribution in [1.29, 1.82) is 0 Å². The van der Waals surface area contributed by atoms with Crippen molar-refractivity contribution in [2.45, 2.75) is 6.17 Å². The van der Waals surface area contributed by atoms with Crippen LogP contribution in [0.4, 0.5) is 5.69 Å². The topological polar surface area (TPSA) is 50.4 Å². The van der Waals surface area contributed by atoms with Gasteiger partial charge >= 0.3 is 0 Å². The van der Waals surface area contributed by atoms with E-state index in [-0.39, 0.29) is 12.1 Å². The second-order valence-corrected chi connectivity index (χ2v) is 4.74. The number of para-hydroxylation sites is 2. The molecule has 4 nitrogen and oxygen atoms in total. The quantitative estimate of drug-likeness (QED) is 0.909. The number of carbonyl (C=O) groups excluding carboxylic acids is 1. The maximum Gasteiger partial charge on any atom is 0.255 e. The molecule has 0 aromatic heterocycles. The standard InChI is InChI=1S/C17H16N2O2/c1-21-15-9-5-2-6-12(15)10-11-16-18-14-8-4-3-7-13(14)17(20)19-16/h2-11,16,18H,1H3,(H,19,20)/b11-10+/t16-/m1/s1. The molecule has 4 heteroatoms. The van der Waals surface area contributed by atoms with Crippen molar-refractivity contribution in [1.82, 2.24) is 5.32 Å². The minimum atomic E-state index is -0.239. The van der Waals surface area contributed by atoms with Crippen LogP contribution in [-0.4, -0.2) is 19.2 Å². The molecule has 0 saturated carbocycles. The molecule has 2 N–H and O–H groups in total. The molecule has 3 rings (SSSR count). The number of rotatable bonds is 3. The molecule has 106 valence electrons. The SMILES string of the molecule is COc1ccccc1/C=C/[C@H]1NC(=O)c2ccccc2N1. The van der Waals surface area contributed by atoms with Crippen LogP contribution >= 0.6 is 0 Å². The molecule has 1 aliphatic heterocycles. The Balaban J connectivity index is 1.81. The fourth-order valence-electron chi connectivity index (χ4n) is 2.33. The third kappa shape index (κ3) is 2.74. The zero-order chi connectivity index (χ0) is 14.7. The molecule has 0 bridgehead atoms. The molecule has 1 heterocycles. The molecule has 2 aromatic rings. The minimum Gasteiger partial charge on any atom is -0.496 e. The van der Waals surface area contributed by atoms with Crippen LogP contribution in [-0.2, 0) is 0 Å². The zero-order valence-electron chi connectivity index (χ0n) is 11.7. The van der Waals surface area contributed by atoms with E-state index in [1.807, 2.05) is 54.6 Å². The van der Waals surface area contributed by atoms with E-state index < -0.39 is 0 Å². The number of fused-ring (bicyclic) bond motifs is 1. The lowest BCUT2D eigenvalue weighted by Gasteiger charge is -2.25. The number of hydrogen-bond acceptors (Lipinski definition) is 3. The first-order valence-corrected chi connectivity index (χ1v) is 6.75. The molecule has 0 aliphatic carbocycles. The van der Waals surface area contributed by atoms with Gasteiger partial charge in [0.05, 0.1) is 12.7 Å². The highest BCUT2D eigenvalue weighted by atomic mass is 16.5. The number of amides is 1. The molecule has 0 radical (unpaired) electrons. The molecule has 1 amide bonds. The van der Waals surface area contributed by atoms with E-state index in [1.54, 1.807) is 13.2 Å². The Morgan fingerprint density at radius 1 is 1.05 bits per heavy atom. The maximum absolute atomic E-state index is 12.0. The smallest absolute Gasteiger partial charge is 0.255 e. The lowest BCUT2D eigenvalue weighted by molar-refractivity contribution is 0.0943. The highest BCUT2D eigenvalue weighted by molar-refractivity contribution is 6.01. The first-order chi connectivity index (χ1) is 10.3. The van der Waals surface area contributed by atoms with Crippen molar-refractivity contribution >= 4 is 17.7 Å². The molecule has 1 atom stereocenters. The van der Waals surface area contributed by atoms with Crippen LogP contribution in [0.1, 0.15) is 15.9 Å². The molecule has 0 saturated heterocycles.